The summed E-state index contributed by atoms with van der Waals surface area (Å²) in [6.45, 7) is 0. The first kappa shape index (κ1) is 10.2. The van der Waals surface area contributed by atoms with Crippen LogP contribution in [0.4, 0.5) is 5.69 Å². The highest BCUT2D eigenvalue weighted by atomic mass is 16.2. The summed E-state index contributed by atoms with van der Waals surface area (Å²) in [5.74, 6) is -0.566. The van der Waals surface area contributed by atoms with Crippen LogP contribution in [0.5, 0.6) is 0 Å². The Balaban J connectivity index is 3.05. The van der Waals surface area contributed by atoms with Crippen molar-refractivity contribution in [3.63, 3.8) is 0 Å². The standard InChI is InChI=1S/C10H10N2O2/c1-12(2)9-5-3-4-8(6-9)10(14)11-7-13/h3-6H,1-2H3. The lowest BCUT2D eigenvalue weighted by atomic mass is 10.2. The minimum absolute atomic E-state index is 0.388. The second-order valence-electron chi connectivity index (χ2n) is 2.95. The van der Waals surface area contributed by atoms with E-state index in [1.54, 1.807) is 18.2 Å². The van der Waals surface area contributed by atoms with Gasteiger partial charge in [-0.25, -0.2) is 4.79 Å². The summed E-state index contributed by atoms with van der Waals surface area (Å²) < 4.78 is 0. The molecule has 1 aromatic carbocycles. The van der Waals surface area contributed by atoms with Crippen molar-refractivity contribution in [2.45, 2.75) is 0 Å². The van der Waals surface area contributed by atoms with Crippen LogP contribution >= 0.6 is 0 Å². The van der Waals surface area contributed by atoms with Crippen LogP contribution in [0, 0.1) is 0 Å². The molecule has 0 spiro atoms. The summed E-state index contributed by atoms with van der Waals surface area (Å²) in [5.41, 5.74) is 1.27. The van der Waals surface area contributed by atoms with Gasteiger partial charge < -0.3 is 4.90 Å². The minimum atomic E-state index is -0.566. The molecule has 14 heavy (non-hydrogen) atoms. The molecular weight excluding hydrogens is 180 g/mol. The lowest BCUT2D eigenvalue weighted by Crippen LogP contribution is -2.09. The number of rotatable bonds is 2. The van der Waals surface area contributed by atoms with E-state index in [1.165, 1.54) is 6.08 Å². The second kappa shape index (κ2) is 4.35. The predicted molar refractivity (Wildman–Crippen MR) is 53.2 cm³/mol. The van der Waals surface area contributed by atoms with E-state index < -0.39 is 5.91 Å². The van der Waals surface area contributed by atoms with Gasteiger partial charge in [-0.05, 0) is 18.2 Å². The Morgan fingerprint density at radius 3 is 2.71 bits per heavy atom. The molecule has 1 amide bonds. The van der Waals surface area contributed by atoms with E-state index in [9.17, 15) is 9.59 Å². The fourth-order valence-corrected chi connectivity index (χ4v) is 1.02. The van der Waals surface area contributed by atoms with Gasteiger partial charge in [0.1, 0.15) is 0 Å². The predicted octanol–water partition coefficient (Wildman–Crippen LogP) is 1.23. The topological polar surface area (TPSA) is 49.7 Å². The average molecular weight is 190 g/mol. The summed E-state index contributed by atoms with van der Waals surface area (Å²) >= 11 is 0. The summed E-state index contributed by atoms with van der Waals surface area (Å²) in [6, 6.07) is 6.88. The lowest BCUT2D eigenvalue weighted by molar-refractivity contribution is 0.100. The number of anilines is 1. The maximum absolute atomic E-state index is 11.2. The van der Waals surface area contributed by atoms with E-state index in [-0.39, 0.29) is 0 Å². The van der Waals surface area contributed by atoms with Gasteiger partial charge in [-0.1, -0.05) is 6.07 Å². The number of hydrogen-bond acceptors (Lipinski definition) is 3. The highest BCUT2D eigenvalue weighted by molar-refractivity contribution is 5.98. The third-order valence-electron chi connectivity index (χ3n) is 1.76. The van der Waals surface area contributed by atoms with Gasteiger partial charge in [0.15, 0.2) is 0 Å². The maximum Gasteiger partial charge on any atom is 0.287 e. The van der Waals surface area contributed by atoms with E-state index in [1.807, 2.05) is 25.1 Å². The van der Waals surface area contributed by atoms with Crippen LogP contribution in [-0.2, 0) is 4.79 Å². The fourth-order valence-electron chi connectivity index (χ4n) is 1.02. The molecule has 0 bridgehead atoms. The first-order chi connectivity index (χ1) is 6.65. The SMILES string of the molecule is CN(C)c1cccc(C(=O)N=C=O)c1. The van der Waals surface area contributed by atoms with Crippen molar-refractivity contribution in [1.29, 1.82) is 0 Å². The number of isocyanates is 1. The highest BCUT2D eigenvalue weighted by Gasteiger charge is 2.04. The van der Waals surface area contributed by atoms with E-state index in [4.69, 9.17) is 0 Å². The molecule has 4 nitrogen and oxygen atoms in total. The lowest BCUT2D eigenvalue weighted by Gasteiger charge is -2.12. The third-order valence-corrected chi connectivity index (χ3v) is 1.76. The van der Waals surface area contributed by atoms with Gasteiger partial charge >= 0.3 is 0 Å². The Morgan fingerprint density at radius 1 is 1.43 bits per heavy atom. The molecule has 0 aliphatic rings. The van der Waals surface area contributed by atoms with Gasteiger partial charge in [0, 0.05) is 25.3 Å². The van der Waals surface area contributed by atoms with Gasteiger partial charge in [-0.3, -0.25) is 4.79 Å². The number of carbonyl (C=O) groups excluding carboxylic acids is 2. The first-order valence-electron chi connectivity index (χ1n) is 4.04. The first-order valence-corrected chi connectivity index (χ1v) is 4.04. The largest absolute Gasteiger partial charge is 0.378 e. The number of hydrogen-bond donors (Lipinski definition) is 0. The number of carbonyl (C=O) groups is 1. The molecule has 0 aliphatic heterocycles. The van der Waals surface area contributed by atoms with Crippen molar-refractivity contribution in [2.75, 3.05) is 19.0 Å². The molecule has 0 saturated carbocycles. The third kappa shape index (κ3) is 2.28. The van der Waals surface area contributed by atoms with Crippen LogP contribution in [0.25, 0.3) is 0 Å². The molecule has 1 rings (SSSR count). The zero-order chi connectivity index (χ0) is 10.6. The van der Waals surface area contributed by atoms with Gasteiger partial charge in [0.05, 0.1) is 0 Å². The Labute approximate surface area is 81.9 Å². The number of amides is 1. The molecule has 0 N–H and O–H groups in total. The van der Waals surface area contributed by atoms with Crippen LogP contribution in [0.3, 0.4) is 0 Å². The van der Waals surface area contributed by atoms with Gasteiger partial charge in [-0.2, -0.15) is 0 Å². The van der Waals surface area contributed by atoms with Gasteiger partial charge in [0.25, 0.3) is 5.91 Å². The normalized spacial score (nSPS) is 9.00. The number of benzene rings is 1. The molecule has 4 heteroatoms. The summed E-state index contributed by atoms with van der Waals surface area (Å²) in [7, 11) is 3.74. The Kier molecular flexibility index (Phi) is 3.15. The summed E-state index contributed by atoms with van der Waals surface area (Å²) in [6.07, 6.45) is 1.23. The molecule has 72 valence electrons. The highest BCUT2D eigenvalue weighted by Crippen LogP contribution is 2.13. The minimum Gasteiger partial charge on any atom is -0.378 e. The van der Waals surface area contributed by atoms with E-state index in [2.05, 4.69) is 4.99 Å². The fraction of sp³-hybridized carbons (Fsp3) is 0.200. The van der Waals surface area contributed by atoms with Crippen molar-refractivity contribution in [2.24, 2.45) is 4.99 Å². The second-order valence-corrected chi connectivity index (χ2v) is 2.95. The maximum atomic E-state index is 11.2. The number of nitrogens with zero attached hydrogens (tertiary/aromatic N) is 2. The molecule has 0 heterocycles. The van der Waals surface area contributed by atoms with Crippen LogP contribution in [0.2, 0.25) is 0 Å². The van der Waals surface area contributed by atoms with E-state index >= 15 is 0 Å². The molecule has 0 saturated heterocycles. The average Bonchev–Trinajstić information content (AvgIpc) is 2.18. The Morgan fingerprint density at radius 2 is 2.14 bits per heavy atom. The van der Waals surface area contributed by atoms with Crippen LogP contribution < -0.4 is 4.90 Å². The zero-order valence-electron chi connectivity index (χ0n) is 8.02. The summed E-state index contributed by atoms with van der Waals surface area (Å²) in [5, 5.41) is 0. The zero-order valence-corrected chi connectivity index (χ0v) is 8.02. The van der Waals surface area contributed by atoms with Crippen LogP contribution in [0.1, 0.15) is 10.4 Å². The quantitative estimate of drug-likeness (QED) is 0.520. The molecule has 0 aromatic heterocycles. The van der Waals surface area contributed by atoms with Gasteiger partial charge in [-0.15, -0.1) is 4.99 Å². The molecule has 0 unspecified atom stereocenters. The van der Waals surface area contributed by atoms with Crippen molar-refractivity contribution in [3.05, 3.63) is 29.8 Å². The van der Waals surface area contributed by atoms with E-state index in [0.717, 1.165) is 5.69 Å². The smallest absolute Gasteiger partial charge is 0.287 e. The summed E-state index contributed by atoms with van der Waals surface area (Å²) in [4.78, 5) is 26.0. The number of aliphatic imine (C=N–C) groups is 1. The monoisotopic (exact) mass is 190 g/mol. The molecule has 0 aliphatic carbocycles. The van der Waals surface area contributed by atoms with Crippen LogP contribution in [0.15, 0.2) is 29.3 Å². The van der Waals surface area contributed by atoms with Gasteiger partial charge in [0.2, 0.25) is 6.08 Å². The molecule has 1 aromatic rings. The molecule has 0 atom stereocenters. The molecule has 0 radical (unpaired) electrons. The van der Waals surface area contributed by atoms with Crippen LogP contribution in [-0.4, -0.2) is 26.1 Å². The van der Waals surface area contributed by atoms with E-state index in [0.29, 0.717) is 5.56 Å². The molecular formula is C10H10N2O2. The molecule has 0 fully saturated rings. The Bertz CT molecular complexity index is 393. The van der Waals surface area contributed by atoms with Crippen molar-refractivity contribution in [3.8, 4) is 0 Å². The van der Waals surface area contributed by atoms with Crippen molar-refractivity contribution >= 4 is 17.7 Å². The van der Waals surface area contributed by atoms with Crippen molar-refractivity contribution < 1.29 is 9.59 Å². The Hall–Kier alpha value is -1.93. The van der Waals surface area contributed by atoms with Crippen molar-refractivity contribution in [1.82, 2.24) is 0 Å².